The fourth-order valence-electron chi connectivity index (χ4n) is 1.57. The summed E-state index contributed by atoms with van der Waals surface area (Å²) in [5.41, 5.74) is 0.102. The molecule has 0 heterocycles. The Hall–Kier alpha value is -1.13. The van der Waals surface area contributed by atoms with Crippen LogP contribution in [0.4, 0.5) is 0 Å². The highest BCUT2D eigenvalue weighted by molar-refractivity contribution is 7.89. The van der Waals surface area contributed by atoms with E-state index in [2.05, 4.69) is 5.32 Å². The number of rotatable bonds is 6. The lowest BCUT2D eigenvalue weighted by Crippen LogP contribution is -2.30. The first-order valence-corrected chi connectivity index (χ1v) is 7.56. The molecule has 1 aromatic carbocycles. The van der Waals surface area contributed by atoms with Crippen molar-refractivity contribution < 1.29 is 8.42 Å². The quantitative estimate of drug-likeness (QED) is 0.807. The van der Waals surface area contributed by atoms with Gasteiger partial charge in [-0.25, -0.2) is 12.7 Å². The van der Waals surface area contributed by atoms with Crippen LogP contribution < -0.4 is 5.32 Å². The maximum atomic E-state index is 12.4. The summed E-state index contributed by atoms with van der Waals surface area (Å²) in [4.78, 5) is -0.0468. The minimum atomic E-state index is -3.69. The summed E-state index contributed by atoms with van der Waals surface area (Å²) < 4.78 is 25.9. The molecule has 0 unspecified atom stereocenters. The summed E-state index contributed by atoms with van der Waals surface area (Å²) in [6.07, 6.45) is 0.689. The zero-order valence-corrected chi connectivity index (χ0v) is 12.4. The van der Waals surface area contributed by atoms with E-state index in [0.29, 0.717) is 18.0 Å². The summed E-state index contributed by atoms with van der Waals surface area (Å²) in [5, 5.41) is 12.2. The number of hydrogen-bond acceptors (Lipinski definition) is 4. The van der Waals surface area contributed by atoms with Crippen LogP contribution in [0.1, 0.15) is 12.0 Å². The van der Waals surface area contributed by atoms with E-state index in [9.17, 15) is 8.42 Å². The first kappa shape index (κ1) is 15.9. The predicted molar refractivity (Wildman–Crippen MR) is 74.5 cm³/mol. The van der Waals surface area contributed by atoms with Crippen molar-refractivity contribution in [3.8, 4) is 6.07 Å². The second kappa shape index (κ2) is 6.87. The van der Waals surface area contributed by atoms with Gasteiger partial charge in [0.05, 0.1) is 5.56 Å². The molecule has 19 heavy (non-hydrogen) atoms. The Morgan fingerprint density at radius 3 is 2.74 bits per heavy atom. The third-order valence-electron chi connectivity index (χ3n) is 2.65. The summed E-state index contributed by atoms with van der Waals surface area (Å²) in [7, 11) is -0.388. The highest BCUT2D eigenvalue weighted by Crippen LogP contribution is 2.23. The molecule has 0 atom stereocenters. The minimum absolute atomic E-state index is 0.0468. The van der Waals surface area contributed by atoms with E-state index in [1.165, 1.54) is 29.6 Å². The number of nitrogens with one attached hydrogen (secondary N) is 1. The highest BCUT2D eigenvalue weighted by atomic mass is 35.5. The van der Waals surface area contributed by atoms with Gasteiger partial charge >= 0.3 is 0 Å². The van der Waals surface area contributed by atoms with Crippen molar-refractivity contribution >= 4 is 21.6 Å². The first-order valence-electron chi connectivity index (χ1n) is 5.74. The smallest absolute Gasteiger partial charge is 0.244 e. The molecule has 0 saturated heterocycles. The van der Waals surface area contributed by atoms with E-state index < -0.39 is 10.0 Å². The van der Waals surface area contributed by atoms with Crippen LogP contribution in [0.2, 0.25) is 5.02 Å². The molecule has 0 saturated carbocycles. The molecule has 0 aliphatic heterocycles. The maximum absolute atomic E-state index is 12.4. The lowest BCUT2D eigenvalue weighted by Gasteiger charge is -2.18. The molecule has 104 valence electrons. The maximum Gasteiger partial charge on any atom is 0.244 e. The van der Waals surface area contributed by atoms with Crippen molar-refractivity contribution in [3.63, 3.8) is 0 Å². The van der Waals surface area contributed by atoms with Crippen molar-refractivity contribution in [3.05, 3.63) is 28.8 Å². The van der Waals surface area contributed by atoms with E-state index in [-0.39, 0.29) is 10.5 Å². The molecule has 7 heteroatoms. The molecule has 1 N–H and O–H groups in total. The molecule has 0 spiro atoms. The minimum Gasteiger partial charge on any atom is -0.320 e. The van der Waals surface area contributed by atoms with Crippen molar-refractivity contribution in [1.29, 1.82) is 5.26 Å². The number of nitriles is 1. The van der Waals surface area contributed by atoms with E-state index in [0.717, 1.165) is 6.54 Å². The molecule has 0 fully saturated rings. The van der Waals surface area contributed by atoms with E-state index in [1.54, 1.807) is 7.05 Å². The number of hydrogen-bond donors (Lipinski definition) is 1. The van der Waals surface area contributed by atoms with Gasteiger partial charge in [-0.2, -0.15) is 5.26 Å². The number of sulfonamides is 1. The average Bonchev–Trinajstić information content (AvgIpc) is 2.38. The molecule has 5 nitrogen and oxygen atoms in total. The number of halogens is 1. The van der Waals surface area contributed by atoms with Gasteiger partial charge in [0.25, 0.3) is 0 Å². The second-order valence-electron chi connectivity index (χ2n) is 4.04. The third-order valence-corrected chi connectivity index (χ3v) is 4.78. The third kappa shape index (κ3) is 3.91. The summed E-state index contributed by atoms with van der Waals surface area (Å²) in [5.74, 6) is 0. The van der Waals surface area contributed by atoms with Crippen molar-refractivity contribution in [1.82, 2.24) is 9.62 Å². The van der Waals surface area contributed by atoms with Crippen LogP contribution in [-0.4, -0.2) is 39.9 Å². The molecule has 1 aromatic rings. The lowest BCUT2D eigenvalue weighted by atomic mass is 10.2. The fourth-order valence-corrected chi connectivity index (χ4v) is 3.18. The van der Waals surface area contributed by atoms with Gasteiger partial charge in [0, 0.05) is 18.6 Å². The Bertz CT molecular complexity index is 581. The van der Waals surface area contributed by atoms with Crippen molar-refractivity contribution in [2.24, 2.45) is 0 Å². The van der Waals surface area contributed by atoms with E-state index >= 15 is 0 Å². The zero-order chi connectivity index (χ0) is 14.5. The van der Waals surface area contributed by atoms with Gasteiger partial charge in [0.15, 0.2) is 0 Å². The average molecular weight is 302 g/mol. The molecule has 0 aliphatic rings. The van der Waals surface area contributed by atoms with Crippen molar-refractivity contribution in [2.45, 2.75) is 11.3 Å². The van der Waals surface area contributed by atoms with Crippen LogP contribution in [0.15, 0.2) is 23.1 Å². The van der Waals surface area contributed by atoms with Gasteiger partial charge < -0.3 is 5.32 Å². The van der Waals surface area contributed by atoms with Crippen LogP contribution in [0, 0.1) is 11.3 Å². The van der Waals surface area contributed by atoms with Gasteiger partial charge in [-0.1, -0.05) is 11.6 Å². The van der Waals surface area contributed by atoms with Gasteiger partial charge in [-0.3, -0.25) is 0 Å². The molecule has 0 aliphatic carbocycles. The molecular weight excluding hydrogens is 286 g/mol. The van der Waals surface area contributed by atoms with Crippen LogP contribution in [0.5, 0.6) is 0 Å². The Kier molecular flexibility index (Phi) is 5.76. The molecule has 0 aromatic heterocycles. The summed E-state index contributed by atoms with van der Waals surface area (Å²) in [6.45, 7) is 1.10. The summed E-state index contributed by atoms with van der Waals surface area (Å²) >= 11 is 5.81. The largest absolute Gasteiger partial charge is 0.320 e. The standard InChI is InChI=1S/C12H16ClN3O2S/c1-15-6-3-7-16(2)19(17,18)12-8-11(13)5-4-10(12)9-14/h4-5,8,15H,3,6-7H2,1-2H3. The highest BCUT2D eigenvalue weighted by Gasteiger charge is 2.24. The lowest BCUT2D eigenvalue weighted by molar-refractivity contribution is 0.458. The predicted octanol–water partition coefficient (Wildman–Crippen LogP) is 1.44. The van der Waals surface area contributed by atoms with Crippen LogP contribution in [0.25, 0.3) is 0 Å². The topological polar surface area (TPSA) is 73.2 Å². The molecule has 0 radical (unpaired) electrons. The fraction of sp³-hybridized carbons (Fsp3) is 0.417. The Morgan fingerprint density at radius 2 is 2.16 bits per heavy atom. The van der Waals surface area contributed by atoms with Crippen LogP contribution in [0.3, 0.4) is 0 Å². The summed E-state index contributed by atoms with van der Waals surface area (Å²) in [6, 6.07) is 6.10. The Labute approximate surface area is 118 Å². The van der Waals surface area contributed by atoms with E-state index in [1.807, 2.05) is 6.07 Å². The van der Waals surface area contributed by atoms with E-state index in [4.69, 9.17) is 16.9 Å². The normalized spacial score (nSPS) is 11.5. The Balaban J connectivity index is 3.06. The molecule has 1 rings (SSSR count). The number of benzene rings is 1. The molecular formula is C12H16ClN3O2S. The van der Waals surface area contributed by atoms with Gasteiger partial charge in [0.2, 0.25) is 10.0 Å². The van der Waals surface area contributed by atoms with Crippen molar-refractivity contribution in [2.75, 3.05) is 27.2 Å². The van der Waals surface area contributed by atoms with Gasteiger partial charge in [0.1, 0.15) is 11.0 Å². The van der Waals surface area contributed by atoms with Crippen LogP contribution in [-0.2, 0) is 10.0 Å². The second-order valence-corrected chi connectivity index (χ2v) is 6.49. The van der Waals surface area contributed by atoms with Gasteiger partial charge in [-0.05, 0) is 38.2 Å². The zero-order valence-electron chi connectivity index (χ0n) is 10.9. The monoisotopic (exact) mass is 301 g/mol. The number of nitrogens with zero attached hydrogens (tertiary/aromatic N) is 2. The van der Waals surface area contributed by atoms with Crippen LogP contribution >= 0.6 is 11.6 Å². The first-order chi connectivity index (χ1) is 8.93. The van der Waals surface area contributed by atoms with Gasteiger partial charge in [-0.15, -0.1) is 0 Å². The molecule has 0 bridgehead atoms. The molecule has 0 amide bonds. The SMILES string of the molecule is CNCCCN(C)S(=O)(=O)c1cc(Cl)ccc1C#N. The Morgan fingerprint density at radius 1 is 1.47 bits per heavy atom.